The lowest BCUT2D eigenvalue weighted by Gasteiger charge is -2.03. The van der Waals surface area contributed by atoms with Crippen LogP contribution in [0.2, 0.25) is 0 Å². The van der Waals surface area contributed by atoms with Crippen LogP contribution in [0.5, 0.6) is 0 Å². The molecule has 0 atom stereocenters. The Morgan fingerprint density at radius 1 is 1.20 bits per heavy atom. The molecule has 0 saturated heterocycles. The van der Waals surface area contributed by atoms with E-state index in [0.717, 1.165) is 13.0 Å². The highest BCUT2D eigenvalue weighted by atomic mass is 16.5. The molecule has 0 aliphatic heterocycles. The maximum absolute atomic E-state index is 10.9. The molecule has 0 saturated carbocycles. The quantitative estimate of drug-likeness (QED) is 0.637. The second-order valence-electron chi connectivity index (χ2n) is 3.20. The highest BCUT2D eigenvalue weighted by Crippen LogP contribution is 2.00. The third kappa shape index (κ3) is 16.1. The Bertz CT molecular complexity index is 132. The van der Waals surface area contributed by atoms with Crippen molar-refractivity contribution < 1.29 is 11.0 Å². The summed E-state index contributed by atoms with van der Waals surface area (Å²) in [6, 6.07) is 0. The minimum absolute atomic E-state index is 0. The molecule has 3 heteroatoms. The fraction of sp³-hybridized carbons (Fsp3) is 0.917. The van der Waals surface area contributed by atoms with Gasteiger partial charge in [0.05, 0.1) is 0 Å². The first-order chi connectivity index (χ1) is 7.31. The van der Waals surface area contributed by atoms with Gasteiger partial charge < -0.3 is 10.1 Å². The molecule has 0 bridgehead atoms. The van der Waals surface area contributed by atoms with Crippen LogP contribution in [0, 0.1) is 0 Å². The number of nitrogens with one attached hydrogen (secondary N) is 1. The van der Waals surface area contributed by atoms with Crippen LogP contribution in [-0.4, -0.2) is 26.2 Å². The Morgan fingerprint density at radius 2 is 1.80 bits per heavy atom. The van der Waals surface area contributed by atoms with E-state index in [0.29, 0.717) is 0 Å². The van der Waals surface area contributed by atoms with E-state index in [2.05, 4.69) is 17.0 Å². The monoisotopic (exact) mass is 219 g/mol. The van der Waals surface area contributed by atoms with E-state index in [1.165, 1.54) is 32.8 Å². The predicted octanol–water partition coefficient (Wildman–Crippen LogP) is 2.99. The summed E-state index contributed by atoms with van der Waals surface area (Å²) >= 11 is 0. The summed E-state index contributed by atoms with van der Waals surface area (Å²) in [5.74, 6) is -0.0157. The number of ether oxygens (including phenoxy) is 1. The van der Waals surface area contributed by atoms with Gasteiger partial charge in [-0.3, -0.25) is 4.79 Å². The number of rotatable bonds is 8. The van der Waals surface area contributed by atoms with Gasteiger partial charge in [0.15, 0.2) is 0 Å². The number of amides is 1. The Kier molecular flexibility index (Phi) is 17.8. The number of hydrogen-bond donors (Lipinski definition) is 1. The first-order valence-corrected chi connectivity index (χ1v) is 6.07. The summed E-state index contributed by atoms with van der Waals surface area (Å²) in [6.07, 6.45) is 6.12. The van der Waals surface area contributed by atoms with Gasteiger partial charge >= 0.3 is 0 Å². The van der Waals surface area contributed by atoms with Crippen molar-refractivity contribution in [2.45, 2.75) is 52.9 Å². The molecule has 0 aromatic heterocycles. The molecule has 0 spiro atoms. The van der Waals surface area contributed by atoms with Crippen molar-refractivity contribution in [2.75, 3.05) is 20.3 Å². The SMILES string of the molecule is CC.CCCCCCCNC(=O)COC.[HH]. The third-order valence-electron chi connectivity index (χ3n) is 1.88. The zero-order valence-corrected chi connectivity index (χ0v) is 10.8. The van der Waals surface area contributed by atoms with Gasteiger partial charge in [-0.05, 0) is 6.42 Å². The molecule has 94 valence electrons. The van der Waals surface area contributed by atoms with Gasteiger partial charge in [-0.25, -0.2) is 0 Å². The summed E-state index contributed by atoms with van der Waals surface area (Å²) in [7, 11) is 1.53. The van der Waals surface area contributed by atoms with Gasteiger partial charge in [-0.1, -0.05) is 46.5 Å². The first kappa shape index (κ1) is 16.8. The zero-order chi connectivity index (χ0) is 11.9. The van der Waals surface area contributed by atoms with E-state index >= 15 is 0 Å². The molecule has 0 aliphatic rings. The van der Waals surface area contributed by atoms with Gasteiger partial charge in [0.1, 0.15) is 6.61 Å². The summed E-state index contributed by atoms with van der Waals surface area (Å²) < 4.78 is 4.69. The van der Waals surface area contributed by atoms with E-state index in [1.807, 2.05) is 13.8 Å². The molecule has 0 radical (unpaired) electrons. The van der Waals surface area contributed by atoms with Crippen molar-refractivity contribution in [1.82, 2.24) is 5.32 Å². The lowest BCUT2D eigenvalue weighted by Crippen LogP contribution is -2.27. The molecule has 1 N–H and O–H groups in total. The van der Waals surface area contributed by atoms with Crippen molar-refractivity contribution in [2.24, 2.45) is 0 Å². The Morgan fingerprint density at radius 3 is 2.33 bits per heavy atom. The van der Waals surface area contributed by atoms with E-state index < -0.39 is 0 Å². The lowest BCUT2D eigenvalue weighted by atomic mass is 10.1. The Hall–Kier alpha value is -0.570. The highest BCUT2D eigenvalue weighted by Gasteiger charge is 1.97. The summed E-state index contributed by atoms with van der Waals surface area (Å²) in [6.45, 7) is 7.15. The van der Waals surface area contributed by atoms with E-state index in [9.17, 15) is 4.79 Å². The standard InChI is InChI=1S/C10H21NO2.C2H6.H2/c1-3-4-5-6-7-8-11-10(12)9-13-2;1-2;/h3-9H2,1-2H3,(H,11,12);1-2H3;1H. The Labute approximate surface area is 96.1 Å². The maximum Gasteiger partial charge on any atom is 0.245 e. The van der Waals surface area contributed by atoms with Gasteiger partial charge in [0.25, 0.3) is 0 Å². The summed E-state index contributed by atoms with van der Waals surface area (Å²) in [5, 5.41) is 2.80. The summed E-state index contributed by atoms with van der Waals surface area (Å²) in [4.78, 5) is 10.9. The van der Waals surface area contributed by atoms with Gasteiger partial charge in [-0.15, -0.1) is 0 Å². The maximum atomic E-state index is 10.9. The average molecular weight is 219 g/mol. The van der Waals surface area contributed by atoms with E-state index in [1.54, 1.807) is 0 Å². The number of hydrogen-bond acceptors (Lipinski definition) is 2. The van der Waals surface area contributed by atoms with E-state index in [-0.39, 0.29) is 13.9 Å². The second kappa shape index (κ2) is 15.9. The Balaban J connectivity index is -0.000000529. The normalized spacial score (nSPS) is 9.07. The van der Waals surface area contributed by atoms with Crippen molar-refractivity contribution in [1.29, 1.82) is 0 Å². The van der Waals surface area contributed by atoms with Crippen LogP contribution in [0.3, 0.4) is 0 Å². The second-order valence-corrected chi connectivity index (χ2v) is 3.20. The molecule has 0 aliphatic carbocycles. The van der Waals surface area contributed by atoms with Crippen LogP contribution in [0.15, 0.2) is 0 Å². The fourth-order valence-corrected chi connectivity index (χ4v) is 1.14. The smallest absolute Gasteiger partial charge is 0.245 e. The molecule has 0 rings (SSSR count). The van der Waals surface area contributed by atoms with Gasteiger partial charge in [0, 0.05) is 15.1 Å². The number of carbonyl (C=O) groups is 1. The number of methoxy groups -OCH3 is 1. The molecule has 0 heterocycles. The van der Waals surface area contributed by atoms with Crippen LogP contribution in [0.4, 0.5) is 0 Å². The molecule has 0 unspecified atom stereocenters. The third-order valence-corrected chi connectivity index (χ3v) is 1.88. The lowest BCUT2D eigenvalue weighted by molar-refractivity contribution is -0.124. The van der Waals surface area contributed by atoms with Crippen LogP contribution >= 0.6 is 0 Å². The van der Waals surface area contributed by atoms with Crippen molar-refractivity contribution in [3.63, 3.8) is 0 Å². The average Bonchev–Trinajstić information content (AvgIpc) is 2.26. The highest BCUT2D eigenvalue weighted by molar-refractivity contribution is 5.77. The minimum Gasteiger partial charge on any atom is -0.375 e. The van der Waals surface area contributed by atoms with Gasteiger partial charge in [0.2, 0.25) is 5.91 Å². The van der Waals surface area contributed by atoms with Gasteiger partial charge in [-0.2, -0.15) is 0 Å². The molecule has 15 heavy (non-hydrogen) atoms. The number of carbonyl (C=O) groups excluding carboxylic acids is 1. The molecule has 0 aromatic rings. The first-order valence-electron chi connectivity index (χ1n) is 6.07. The summed E-state index contributed by atoms with van der Waals surface area (Å²) in [5.41, 5.74) is 0. The van der Waals surface area contributed by atoms with Crippen molar-refractivity contribution in [3.8, 4) is 0 Å². The zero-order valence-electron chi connectivity index (χ0n) is 10.8. The fourth-order valence-electron chi connectivity index (χ4n) is 1.14. The topological polar surface area (TPSA) is 38.3 Å². The van der Waals surface area contributed by atoms with Crippen LogP contribution < -0.4 is 5.32 Å². The molecular formula is C12H29NO2. The molecule has 1 amide bonds. The molecule has 0 fully saturated rings. The van der Waals surface area contributed by atoms with Crippen molar-refractivity contribution in [3.05, 3.63) is 0 Å². The molecular weight excluding hydrogens is 190 g/mol. The molecule has 3 nitrogen and oxygen atoms in total. The molecule has 0 aromatic carbocycles. The minimum atomic E-state index is -0.0157. The van der Waals surface area contributed by atoms with Crippen LogP contribution in [-0.2, 0) is 9.53 Å². The number of unbranched alkanes of at least 4 members (excludes halogenated alkanes) is 4. The van der Waals surface area contributed by atoms with Crippen molar-refractivity contribution >= 4 is 5.91 Å². The van der Waals surface area contributed by atoms with Crippen LogP contribution in [0.1, 0.15) is 54.3 Å². The van der Waals surface area contributed by atoms with Crippen LogP contribution in [0.25, 0.3) is 0 Å². The van der Waals surface area contributed by atoms with E-state index in [4.69, 9.17) is 0 Å². The largest absolute Gasteiger partial charge is 0.375 e. The predicted molar refractivity (Wildman–Crippen MR) is 67.1 cm³/mol.